The Morgan fingerprint density at radius 1 is 1.00 bits per heavy atom. The van der Waals surface area contributed by atoms with Crippen molar-refractivity contribution >= 4 is 0 Å². The third-order valence-corrected chi connectivity index (χ3v) is 4.81. The van der Waals surface area contributed by atoms with Gasteiger partial charge in [-0.25, -0.2) is 0 Å². The summed E-state index contributed by atoms with van der Waals surface area (Å²) in [6, 6.07) is 0. The molecule has 0 radical (unpaired) electrons. The minimum absolute atomic E-state index is 0.0582. The van der Waals surface area contributed by atoms with Gasteiger partial charge in [-0.05, 0) is 33.4 Å². The summed E-state index contributed by atoms with van der Waals surface area (Å²) in [6.45, 7) is 2.24. The minimum Gasteiger partial charge on any atom is -0.391 e. The van der Waals surface area contributed by atoms with Crippen LogP contribution in [0.5, 0.6) is 0 Å². The van der Waals surface area contributed by atoms with Gasteiger partial charge in [0.15, 0.2) is 0 Å². The van der Waals surface area contributed by atoms with Gasteiger partial charge in [0.25, 0.3) is 0 Å². The van der Waals surface area contributed by atoms with Crippen LogP contribution in [0.25, 0.3) is 0 Å². The van der Waals surface area contributed by atoms with E-state index in [-0.39, 0.29) is 11.6 Å². The lowest BCUT2D eigenvalue weighted by Crippen LogP contribution is -2.53. The number of likely N-dealkylation sites (N-methyl/N-ethyl adjacent to an activating group) is 1. The maximum Gasteiger partial charge on any atom is 0.0723 e. The first-order valence-electron chi connectivity index (χ1n) is 7.99. The van der Waals surface area contributed by atoms with E-state index in [4.69, 9.17) is 0 Å². The first kappa shape index (κ1) is 16.0. The molecule has 1 aliphatic rings. The summed E-state index contributed by atoms with van der Waals surface area (Å²) >= 11 is 0. The molecule has 0 aromatic rings. The Balaban J connectivity index is 2.53. The minimum atomic E-state index is -0.137. The molecule has 2 nitrogen and oxygen atoms in total. The second kappa shape index (κ2) is 8.16. The van der Waals surface area contributed by atoms with Gasteiger partial charge < -0.3 is 10.0 Å². The van der Waals surface area contributed by atoms with Crippen molar-refractivity contribution in [3.63, 3.8) is 0 Å². The molecule has 1 rings (SSSR count). The molecule has 1 atom stereocenters. The number of hydrogen-bond acceptors (Lipinski definition) is 2. The largest absolute Gasteiger partial charge is 0.391 e. The molecule has 0 bridgehead atoms. The molecule has 1 unspecified atom stereocenters. The van der Waals surface area contributed by atoms with Gasteiger partial charge in [0.2, 0.25) is 0 Å². The zero-order chi connectivity index (χ0) is 13.4. The number of unbranched alkanes of at least 4 members (excludes halogenated alkanes) is 3. The van der Waals surface area contributed by atoms with E-state index in [1.807, 2.05) is 0 Å². The van der Waals surface area contributed by atoms with Crippen molar-refractivity contribution in [2.45, 2.75) is 89.2 Å². The summed E-state index contributed by atoms with van der Waals surface area (Å²) < 4.78 is 0. The van der Waals surface area contributed by atoms with Crippen molar-refractivity contribution in [3.8, 4) is 0 Å². The Morgan fingerprint density at radius 2 is 1.61 bits per heavy atom. The molecule has 0 spiro atoms. The fourth-order valence-corrected chi connectivity index (χ4v) is 3.45. The van der Waals surface area contributed by atoms with Crippen LogP contribution < -0.4 is 0 Å². The van der Waals surface area contributed by atoms with Gasteiger partial charge in [-0.1, -0.05) is 58.3 Å². The van der Waals surface area contributed by atoms with E-state index in [0.29, 0.717) is 0 Å². The van der Waals surface area contributed by atoms with Gasteiger partial charge in [0.05, 0.1) is 6.10 Å². The Hall–Kier alpha value is -0.0800. The third-order valence-electron chi connectivity index (χ3n) is 4.81. The van der Waals surface area contributed by atoms with E-state index in [1.54, 1.807) is 0 Å². The average molecular weight is 255 g/mol. The fourth-order valence-electron chi connectivity index (χ4n) is 3.45. The molecule has 0 aliphatic heterocycles. The summed E-state index contributed by atoms with van der Waals surface area (Å²) in [7, 11) is 4.31. The smallest absolute Gasteiger partial charge is 0.0723 e. The van der Waals surface area contributed by atoms with Gasteiger partial charge in [-0.2, -0.15) is 0 Å². The van der Waals surface area contributed by atoms with E-state index in [1.165, 1.54) is 64.2 Å². The Bertz CT molecular complexity index is 207. The SMILES string of the molecule is CCCCCCC(O)C1(N(C)C)CCCCCC1. The molecule has 1 fully saturated rings. The average Bonchev–Trinajstić information content (AvgIpc) is 2.61. The van der Waals surface area contributed by atoms with Gasteiger partial charge in [-0.15, -0.1) is 0 Å². The molecule has 0 heterocycles. The molecule has 0 amide bonds. The second-order valence-corrected chi connectivity index (χ2v) is 6.28. The standard InChI is InChI=1S/C16H33NO/c1-4-5-6-9-12-15(18)16(17(2)3)13-10-7-8-11-14-16/h15,18H,4-14H2,1-3H3. The van der Waals surface area contributed by atoms with Crippen molar-refractivity contribution in [3.05, 3.63) is 0 Å². The van der Waals surface area contributed by atoms with E-state index in [2.05, 4.69) is 25.9 Å². The normalized spacial score (nSPS) is 21.8. The highest BCUT2D eigenvalue weighted by Gasteiger charge is 2.39. The van der Waals surface area contributed by atoms with Crippen LogP contribution in [0.4, 0.5) is 0 Å². The van der Waals surface area contributed by atoms with Crippen LogP contribution in [-0.4, -0.2) is 35.7 Å². The van der Waals surface area contributed by atoms with Crippen LogP contribution >= 0.6 is 0 Å². The number of aliphatic hydroxyl groups is 1. The zero-order valence-electron chi connectivity index (χ0n) is 12.7. The van der Waals surface area contributed by atoms with E-state index >= 15 is 0 Å². The Labute approximate surface area is 114 Å². The van der Waals surface area contributed by atoms with Crippen LogP contribution in [0.15, 0.2) is 0 Å². The summed E-state index contributed by atoms with van der Waals surface area (Å²) in [6.07, 6.45) is 13.5. The molecule has 18 heavy (non-hydrogen) atoms. The van der Waals surface area contributed by atoms with Gasteiger partial charge in [0, 0.05) is 5.54 Å². The Kier molecular flexibility index (Phi) is 7.25. The van der Waals surface area contributed by atoms with Crippen LogP contribution in [0.3, 0.4) is 0 Å². The number of rotatable bonds is 7. The van der Waals surface area contributed by atoms with Gasteiger partial charge in [0.1, 0.15) is 0 Å². The zero-order valence-corrected chi connectivity index (χ0v) is 12.7. The predicted molar refractivity (Wildman–Crippen MR) is 78.9 cm³/mol. The maximum atomic E-state index is 10.7. The molecule has 2 heteroatoms. The van der Waals surface area contributed by atoms with Crippen molar-refractivity contribution in [2.75, 3.05) is 14.1 Å². The number of aliphatic hydroxyl groups excluding tert-OH is 1. The molecule has 0 aromatic heterocycles. The van der Waals surface area contributed by atoms with Crippen LogP contribution in [-0.2, 0) is 0 Å². The first-order valence-corrected chi connectivity index (χ1v) is 7.99. The van der Waals surface area contributed by atoms with E-state index < -0.39 is 0 Å². The molecule has 1 saturated carbocycles. The van der Waals surface area contributed by atoms with Gasteiger partial charge >= 0.3 is 0 Å². The summed E-state index contributed by atoms with van der Waals surface area (Å²) in [5, 5.41) is 10.7. The fraction of sp³-hybridized carbons (Fsp3) is 1.00. The summed E-state index contributed by atoms with van der Waals surface area (Å²) in [5.41, 5.74) is 0.0582. The number of hydrogen-bond donors (Lipinski definition) is 1. The summed E-state index contributed by atoms with van der Waals surface area (Å²) in [5.74, 6) is 0. The van der Waals surface area contributed by atoms with Crippen molar-refractivity contribution in [1.82, 2.24) is 4.90 Å². The van der Waals surface area contributed by atoms with Crippen LogP contribution in [0.2, 0.25) is 0 Å². The molecule has 0 saturated heterocycles. The van der Waals surface area contributed by atoms with E-state index in [0.717, 1.165) is 6.42 Å². The lowest BCUT2D eigenvalue weighted by atomic mass is 9.81. The monoisotopic (exact) mass is 255 g/mol. The molecular weight excluding hydrogens is 222 g/mol. The second-order valence-electron chi connectivity index (χ2n) is 6.28. The van der Waals surface area contributed by atoms with E-state index in [9.17, 15) is 5.11 Å². The summed E-state index contributed by atoms with van der Waals surface area (Å²) in [4.78, 5) is 2.31. The molecule has 108 valence electrons. The van der Waals surface area contributed by atoms with Crippen LogP contribution in [0, 0.1) is 0 Å². The molecular formula is C16H33NO. The maximum absolute atomic E-state index is 10.7. The van der Waals surface area contributed by atoms with Gasteiger partial charge in [-0.3, -0.25) is 0 Å². The highest BCUT2D eigenvalue weighted by molar-refractivity contribution is 4.95. The van der Waals surface area contributed by atoms with Crippen molar-refractivity contribution < 1.29 is 5.11 Å². The first-order chi connectivity index (χ1) is 8.63. The van der Waals surface area contributed by atoms with Crippen LogP contribution in [0.1, 0.15) is 77.6 Å². The molecule has 1 N–H and O–H groups in total. The quantitative estimate of drug-likeness (QED) is 0.549. The van der Waals surface area contributed by atoms with Crippen molar-refractivity contribution in [2.24, 2.45) is 0 Å². The third kappa shape index (κ3) is 4.24. The molecule has 0 aromatic carbocycles. The highest BCUT2D eigenvalue weighted by atomic mass is 16.3. The topological polar surface area (TPSA) is 23.5 Å². The lowest BCUT2D eigenvalue weighted by molar-refractivity contribution is -0.0235. The Morgan fingerprint density at radius 3 is 2.11 bits per heavy atom. The highest BCUT2D eigenvalue weighted by Crippen LogP contribution is 2.35. The molecule has 1 aliphatic carbocycles. The lowest BCUT2D eigenvalue weighted by Gasteiger charge is -2.43. The van der Waals surface area contributed by atoms with Crippen molar-refractivity contribution in [1.29, 1.82) is 0 Å². The predicted octanol–water partition coefficient (Wildman–Crippen LogP) is 3.97. The number of nitrogens with zero attached hydrogens (tertiary/aromatic N) is 1.